The molecule has 2 rings (SSSR count). The van der Waals surface area contributed by atoms with Crippen LogP contribution in [0.1, 0.15) is 30.7 Å². The highest BCUT2D eigenvalue weighted by Crippen LogP contribution is 2.50. The van der Waals surface area contributed by atoms with Gasteiger partial charge in [0.05, 0.1) is 0 Å². The van der Waals surface area contributed by atoms with Gasteiger partial charge < -0.3 is 10.8 Å². The van der Waals surface area contributed by atoms with Gasteiger partial charge in [-0.25, -0.2) is 0 Å². The first-order valence-electron chi connectivity index (χ1n) is 5.78. The molecular weight excluding hydrogens is 222 g/mol. The van der Waals surface area contributed by atoms with Crippen molar-refractivity contribution in [1.29, 1.82) is 0 Å². The van der Waals surface area contributed by atoms with E-state index in [4.69, 9.17) is 17.3 Å². The van der Waals surface area contributed by atoms with Crippen LogP contribution in [0.15, 0.2) is 24.3 Å². The topological polar surface area (TPSA) is 46.2 Å². The van der Waals surface area contributed by atoms with Crippen LogP contribution in [0, 0.1) is 5.41 Å². The van der Waals surface area contributed by atoms with Gasteiger partial charge in [-0.1, -0.05) is 30.2 Å². The highest BCUT2D eigenvalue weighted by Gasteiger charge is 2.43. The van der Waals surface area contributed by atoms with E-state index in [1.54, 1.807) is 0 Å². The maximum absolute atomic E-state index is 9.57. The van der Waals surface area contributed by atoms with Crippen molar-refractivity contribution in [1.82, 2.24) is 0 Å². The van der Waals surface area contributed by atoms with Crippen molar-refractivity contribution in [3.63, 3.8) is 0 Å². The number of nitrogens with two attached hydrogens (primary N) is 1. The van der Waals surface area contributed by atoms with E-state index in [2.05, 4.69) is 0 Å². The molecule has 2 nitrogen and oxygen atoms in total. The summed E-state index contributed by atoms with van der Waals surface area (Å²) in [5.41, 5.74) is 7.08. The predicted molar refractivity (Wildman–Crippen MR) is 66.6 cm³/mol. The number of hydrogen-bond donors (Lipinski definition) is 2. The fourth-order valence-corrected chi connectivity index (χ4v) is 2.81. The van der Waals surface area contributed by atoms with Crippen molar-refractivity contribution in [2.24, 2.45) is 11.1 Å². The van der Waals surface area contributed by atoms with Crippen molar-refractivity contribution in [2.45, 2.75) is 25.2 Å². The minimum absolute atomic E-state index is 0.0164. The molecule has 0 radical (unpaired) electrons. The lowest BCUT2D eigenvalue weighted by Crippen LogP contribution is -2.42. The quantitative estimate of drug-likeness (QED) is 0.848. The van der Waals surface area contributed by atoms with Crippen molar-refractivity contribution in [3.8, 4) is 0 Å². The van der Waals surface area contributed by atoms with Crippen molar-refractivity contribution >= 4 is 11.6 Å². The SMILES string of the molecule is NC[C@@H](c1ccc(Cl)cc1)C1(CO)CCC1. The Kier molecular flexibility index (Phi) is 3.53. The Bertz CT molecular complexity index is 340. The van der Waals surface area contributed by atoms with Crippen LogP contribution in [-0.2, 0) is 0 Å². The van der Waals surface area contributed by atoms with Gasteiger partial charge >= 0.3 is 0 Å². The third-order valence-electron chi connectivity index (χ3n) is 3.91. The molecule has 0 spiro atoms. The number of benzene rings is 1. The third-order valence-corrected chi connectivity index (χ3v) is 4.16. The first kappa shape index (κ1) is 11.9. The van der Waals surface area contributed by atoms with E-state index in [1.165, 1.54) is 12.0 Å². The molecule has 0 unspecified atom stereocenters. The second kappa shape index (κ2) is 4.74. The molecule has 88 valence electrons. The Hall–Kier alpha value is -0.570. The predicted octanol–water partition coefficient (Wildman–Crippen LogP) is 2.54. The smallest absolute Gasteiger partial charge is 0.0493 e. The number of halogens is 1. The average molecular weight is 240 g/mol. The standard InChI is InChI=1S/C13H18ClNO/c14-11-4-2-10(3-5-11)12(8-15)13(9-16)6-1-7-13/h2-5,12,16H,1,6-9,15H2/t12-/m0/s1. The Balaban J connectivity index is 2.25. The van der Waals surface area contributed by atoms with Crippen LogP contribution in [0.2, 0.25) is 5.02 Å². The molecule has 0 aliphatic heterocycles. The second-order valence-corrected chi connectivity index (χ2v) is 5.15. The molecule has 0 heterocycles. The summed E-state index contributed by atoms with van der Waals surface area (Å²) < 4.78 is 0. The zero-order chi connectivity index (χ0) is 11.6. The fraction of sp³-hybridized carbons (Fsp3) is 0.538. The van der Waals surface area contributed by atoms with Crippen LogP contribution in [-0.4, -0.2) is 18.3 Å². The van der Waals surface area contributed by atoms with E-state index in [0.717, 1.165) is 17.9 Å². The van der Waals surface area contributed by atoms with Gasteiger partial charge in [0.2, 0.25) is 0 Å². The van der Waals surface area contributed by atoms with Crippen LogP contribution >= 0.6 is 11.6 Å². The van der Waals surface area contributed by atoms with Crippen LogP contribution in [0.25, 0.3) is 0 Å². The maximum Gasteiger partial charge on any atom is 0.0493 e. The molecule has 1 aromatic carbocycles. The zero-order valence-electron chi connectivity index (χ0n) is 9.32. The lowest BCUT2D eigenvalue weighted by atomic mass is 9.60. The Morgan fingerprint density at radius 2 is 1.94 bits per heavy atom. The fourth-order valence-electron chi connectivity index (χ4n) is 2.68. The van der Waals surface area contributed by atoms with Crippen molar-refractivity contribution in [2.75, 3.05) is 13.2 Å². The van der Waals surface area contributed by atoms with Gasteiger partial charge in [0.1, 0.15) is 0 Å². The summed E-state index contributed by atoms with van der Waals surface area (Å²) in [6.45, 7) is 0.819. The van der Waals surface area contributed by atoms with Crippen LogP contribution in [0.5, 0.6) is 0 Å². The summed E-state index contributed by atoms with van der Waals surface area (Å²) in [5, 5.41) is 10.3. The van der Waals surface area contributed by atoms with Crippen LogP contribution in [0.3, 0.4) is 0 Å². The summed E-state index contributed by atoms with van der Waals surface area (Å²) in [6.07, 6.45) is 3.35. The molecule has 1 atom stereocenters. The lowest BCUT2D eigenvalue weighted by molar-refractivity contribution is 0.0192. The van der Waals surface area contributed by atoms with Crippen molar-refractivity contribution < 1.29 is 5.11 Å². The Labute approximate surface area is 101 Å². The molecule has 0 saturated heterocycles. The van der Waals surface area contributed by atoms with E-state index in [1.807, 2.05) is 24.3 Å². The minimum atomic E-state index is 0.0164. The molecule has 1 aliphatic rings. The molecule has 0 aromatic heterocycles. The number of rotatable bonds is 4. The second-order valence-electron chi connectivity index (χ2n) is 4.71. The van der Waals surface area contributed by atoms with Crippen molar-refractivity contribution in [3.05, 3.63) is 34.9 Å². The molecule has 3 N–H and O–H groups in total. The van der Waals surface area contributed by atoms with Gasteiger partial charge in [-0.3, -0.25) is 0 Å². The van der Waals surface area contributed by atoms with Gasteiger partial charge in [0.25, 0.3) is 0 Å². The van der Waals surface area contributed by atoms with E-state index in [0.29, 0.717) is 6.54 Å². The molecule has 1 aliphatic carbocycles. The molecule has 16 heavy (non-hydrogen) atoms. The molecular formula is C13H18ClNO. The van der Waals surface area contributed by atoms with Gasteiger partial charge in [0, 0.05) is 23.0 Å². The van der Waals surface area contributed by atoms with E-state index >= 15 is 0 Å². The Morgan fingerprint density at radius 1 is 1.31 bits per heavy atom. The summed E-state index contributed by atoms with van der Waals surface area (Å²) in [6, 6.07) is 7.83. The number of hydrogen-bond acceptors (Lipinski definition) is 2. The minimum Gasteiger partial charge on any atom is -0.396 e. The number of aliphatic hydroxyl groups is 1. The summed E-state index contributed by atoms with van der Waals surface area (Å²) in [7, 11) is 0. The van der Waals surface area contributed by atoms with Crippen LogP contribution in [0.4, 0.5) is 0 Å². The first-order chi connectivity index (χ1) is 7.72. The highest BCUT2D eigenvalue weighted by molar-refractivity contribution is 6.30. The zero-order valence-corrected chi connectivity index (χ0v) is 10.1. The molecule has 0 bridgehead atoms. The van der Waals surface area contributed by atoms with E-state index < -0.39 is 0 Å². The molecule has 1 fully saturated rings. The average Bonchev–Trinajstić information content (AvgIpc) is 2.25. The Morgan fingerprint density at radius 3 is 2.31 bits per heavy atom. The van der Waals surface area contributed by atoms with Gasteiger partial charge in [-0.2, -0.15) is 0 Å². The summed E-state index contributed by atoms with van der Waals surface area (Å²) in [4.78, 5) is 0. The first-order valence-corrected chi connectivity index (χ1v) is 6.16. The van der Waals surface area contributed by atoms with Gasteiger partial charge in [-0.05, 0) is 37.1 Å². The molecule has 0 amide bonds. The largest absolute Gasteiger partial charge is 0.396 e. The molecule has 3 heteroatoms. The lowest BCUT2D eigenvalue weighted by Gasteiger charge is -2.46. The van der Waals surface area contributed by atoms with Gasteiger partial charge in [-0.15, -0.1) is 0 Å². The monoisotopic (exact) mass is 239 g/mol. The number of aliphatic hydroxyl groups excluding tert-OH is 1. The van der Waals surface area contributed by atoms with Crippen LogP contribution < -0.4 is 5.73 Å². The highest BCUT2D eigenvalue weighted by atomic mass is 35.5. The van der Waals surface area contributed by atoms with E-state index in [9.17, 15) is 5.11 Å². The third kappa shape index (κ3) is 1.97. The normalized spacial score (nSPS) is 20.2. The summed E-state index contributed by atoms with van der Waals surface area (Å²) in [5.74, 6) is 0.253. The molecule has 1 aromatic rings. The summed E-state index contributed by atoms with van der Waals surface area (Å²) >= 11 is 5.87. The molecule has 1 saturated carbocycles. The van der Waals surface area contributed by atoms with E-state index in [-0.39, 0.29) is 17.9 Å². The maximum atomic E-state index is 9.57. The van der Waals surface area contributed by atoms with Gasteiger partial charge in [0.15, 0.2) is 0 Å².